The van der Waals surface area contributed by atoms with Crippen molar-refractivity contribution in [2.45, 2.75) is 24.9 Å². The van der Waals surface area contributed by atoms with Crippen molar-refractivity contribution < 1.29 is 0 Å². The van der Waals surface area contributed by atoms with Crippen LogP contribution in [0.15, 0.2) is 0 Å². The Morgan fingerprint density at radius 2 is 2.16 bits per heavy atom. The summed E-state index contributed by atoms with van der Waals surface area (Å²) in [5.74, 6) is 6.39. The monoisotopic (exact) mass is 268 g/mol. The van der Waals surface area contributed by atoms with Crippen LogP contribution >= 0.6 is 0 Å². The molecular formula is C11H24N8. The Morgan fingerprint density at radius 3 is 2.79 bits per heavy atom. The fraction of sp³-hybridized carbons (Fsp3) is 0.909. The number of aromatic nitrogens is 4. The standard InChI is InChI=1S/C11H24N8/c1-17-4-5-18(2)10(8-17)6-9(13-12)7-11-14-16-19(3)15-11/h9-10,13H,4-8,12H2,1-3H3. The highest BCUT2D eigenvalue weighted by atomic mass is 15.6. The van der Waals surface area contributed by atoms with Crippen LogP contribution in [0.3, 0.4) is 0 Å². The molecule has 0 aromatic carbocycles. The van der Waals surface area contributed by atoms with E-state index < -0.39 is 0 Å². The number of nitrogens with one attached hydrogen (secondary N) is 1. The lowest BCUT2D eigenvalue weighted by Crippen LogP contribution is -2.53. The van der Waals surface area contributed by atoms with E-state index in [9.17, 15) is 0 Å². The summed E-state index contributed by atoms with van der Waals surface area (Å²) in [5.41, 5.74) is 2.88. The van der Waals surface area contributed by atoms with E-state index in [1.807, 2.05) is 0 Å². The number of aryl methyl sites for hydroxylation is 1. The molecule has 0 aliphatic carbocycles. The predicted molar refractivity (Wildman–Crippen MR) is 72.1 cm³/mol. The molecule has 19 heavy (non-hydrogen) atoms. The van der Waals surface area contributed by atoms with Gasteiger partial charge in [0.2, 0.25) is 0 Å². The van der Waals surface area contributed by atoms with Gasteiger partial charge in [0.25, 0.3) is 0 Å². The van der Waals surface area contributed by atoms with Crippen molar-refractivity contribution in [1.29, 1.82) is 0 Å². The van der Waals surface area contributed by atoms with Gasteiger partial charge in [-0.1, -0.05) is 0 Å². The molecular weight excluding hydrogens is 244 g/mol. The average molecular weight is 268 g/mol. The molecule has 1 aromatic rings. The maximum absolute atomic E-state index is 5.66. The van der Waals surface area contributed by atoms with Crippen LogP contribution in [0.4, 0.5) is 0 Å². The van der Waals surface area contributed by atoms with E-state index >= 15 is 0 Å². The number of rotatable bonds is 5. The Labute approximate surface area is 113 Å². The molecule has 0 saturated carbocycles. The van der Waals surface area contributed by atoms with Crippen LogP contribution in [0.2, 0.25) is 0 Å². The van der Waals surface area contributed by atoms with Crippen LogP contribution < -0.4 is 11.3 Å². The molecule has 3 N–H and O–H groups in total. The number of tetrazole rings is 1. The fourth-order valence-corrected chi connectivity index (χ4v) is 2.52. The summed E-state index contributed by atoms with van der Waals surface area (Å²) >= 11 is 0. The van der Waals surface area contributed by atoms with E-state index in [0.29, 0.717) is 12.5 Å². The van der Waals surface area contributed by atoms with E-state index in [-0.39, 0.29) is 6.04 Å². The van der Waals surface area contributed by atoms with Gasteiger partial charge in [-0.25, -0.2) is 0 Å². The SMILES string of the molecule is CN1CCN(C)C(CC(Cc2nnn(C)n2)NN)C1. The Balaban J connectivity index is 1.90. The molecule has 1 fully saturated rings. The maximum atomic E-state index is 5.66. The number of nitrogens with zero attached hydrogens (tertiary/aromatic N) is 6. The predicted octanol–water partition coefficient (Wildman–Crippen LogP) is -1.78. The second kappa shape index (κ2) is 6.38. The minimum atomic E-state index is 0.170. The highest BCUT2D eigenvalue weighted by Gasteiger charge is 2.25. The summed E-state index contributed by atoms with van der Waals surface area (Å²) < 4.78 is 0. The molecule has 1 aliphatic rings. The molecule has 2 heterocycles. The number of hydrogen-bond donors (Lipinski definition) is 2. The summed E-state index contributed by atoms with van der Waals surface area (Å²) in [6.07, 6.45) is 1.69. The van der Waals surface area contributed by atoms with E-state index in [1.165, 1.54) is 4.80 Å². The Bertz CT molecular complexity index is 392. The van der Waals surface area contributed by atoms with Crippen molar-refractivity contribution in [2.75, 3.05) is 33.7 Å². The van der Waals surface area contributed by atoms with Crippen molar-refractivity contribution in [1.82, 2.24) is 35.4 Å². The second-order valence-corrected chi connectivity index (χ2v) is 5.40. The number of likely N-dealkylation sites (N-methyl/N-ethyl adjacent to an activating group) is 2. The van der Waals surface area contributed by atoms with E-state index in [2.05, 4.69) is 44.7 Å². The molecule has 1 aromatic heterocycles. The van der Waals surface area contributed by atoms with Crippen molar-refractivity contribution in [2.24, 2.45) is 12.9 Å². The molecule has 1 saturated heterocycles. The molecule has 108 valence electrons. The minimum absolute atomic E-state index is 0.170. The van der Waals surface area contributed by atoms with E-state index in [0.717, 1.165) is 31.9 Å². The largest absolute Gasteiger partial charge is 0.304 e. The fourth-order valence-electron chi connectivity index (χ4n) is 2.52. The first-order valence-corrected chi connectivity index (χ1v) is 6.66. The van der Waals surface area contributed by atoms with Crippen LogP contribution in [-0.2, 0) is 13.5 Å². The van der Waals surface area contributed by atoms with Crippen LogP contribution in [0.1, 0.15) is 12.2 Å². The lowest BCUT2D eigenvalue weighted by molar-refractivity contribution is 0.101. The van der Waals surface area contributed by atoms with Crippen molar-refractivity contribution >= 4 is 0 Å². The summed E-state index contributed by atoms with van der Waals surface area (Å²) in [6.45, 7) is 3.30. The zero-order valence-corrected chi connectivity index (χ0v) is 12.0. The highest BCUT2D eigenvalue weighted by molar-refractivity contribution is 4.88. The first-order valence-electron chi connectivity index (χ1n) is 6.66. The van der Waals surface area contributed by atoms with Crippen molar-refractivity contribution in [3.63, 3.8) is 0 Å². The zero-order chi connectivity index (χ0) is 13.8. The molecule has 2 unspecified atom stereocenters. The summed E-state index contributed by atoms with van der Waals surface area (Å²) in [6, 6.07) is 0.680. The van der Waals surface area contributed by atoms with Crippen molar-refractivity contribution in [3.05, 3.63) is 5.82 Å². The van der Waals surface area contributed by atoms with Gasteiger partial charge in [0.1, 0.15) is 0 Å². The third-order valence-corrected chi connectivity index (χ3v) is 3.75. The molecule has 0 radical (unpaired) electrons. The van der Waals surface area contributed by atoms with Gasteiger partial charge in [0.05, 0.1) is 7.05 Å². The molecule has 2 atom stereocenters. The second-order valence-electron chi connectivity index (χ2n) is 5.40. The zero-order valence-electron chi connectivity index (χ0n) is 12.0. The Morgan fingerprint density at radius 1 is 1.37 bits per heavy atom. The molecule has 1 aliphatic heterocycles. The van der Waals surface area contributed by atoms with Gasteiger partial charge in [0, 0.05) is 38.1 Å². The molecule has 0 bridgehead atoms. The number of nitrogens with two attached hydrogens (primary N) is 1. The van der Waals surface area contributed by atoms with Crippen LogP contribution in [0.25, 0.3) is 0 Å². The van der Waals surface area contributed by atoms with Gasteiger partial charge in [-0.15, -0.1) is 10.2 Å². The molecule has 0 spiro atoms. The Kier molecular flexibility index (Phi) is 4.81. The van der Waals surface area contributed by atoms with Gasteiger partial charge >= 0.3 is 0 Å². The maximum Gasteiger partial charge on any atom is 0.176 e. The van der Waals surface area contributed by atoms with Gasteiger partial charge in [-0.05, 0) is 25.7 Å². The summed E-state index contributed by atoms with van der Waals surface area (Å²) in [5, 5.41) is 12.1. The van der Waals surface area contributed by atoms with Gasteiger partial charge in [0.15, 0.2) is 5.82 Å². The summed E-state index contributed by atoms with van der Waals surface area (Å²) in [4.78, 5) is 6.23. The third-order valence-electron chi connectivity index (χ3n) is 3.75. The normalized spacial score (nSPS) is 23.7. The first kappa shape index (κ1) is 14.3. The van der Waals surface area contributed by atoms with Crippen LogP contribution in [0.5, 0.6) is 0 Å². The van der Waals surface area contributed by atoms with E-state index in [1.54, 1.807) is 7.05 Å². The van der Waals surface area contributed by atoms with Crippen LogP contribution in [-0.4, -0.2) is 75.8 Å². The average Bonchev–Trinajstić information content (AvgIpc) is 2.78. The Hall–Kier alpha value is -1.09. The third kappa shape index (κ3) is 3.93. The first-order chi connectivity index (χ1) is 9.08. The van der Waals surface area contributed by atoms with Crippen LogP contribution in [0, 0.1) is 0 Å². The quantitative estimate of drug-likeness (QED) is 0.482. The molecule has 2 rings (SSSR count). The van der Waals surface area contributed by atoms with Gasteiger partial charge in [-0.2, -0.15) is 4.80 Å². The topological polar surface area (TPSA) is 88.1 Å². The van der Waals surface area contributed by atoms with E-state index in [4.69, 9.17) is 5.84 Å². The molecule has 8 heteroatoms. The number of hydrazine groups is 1. The minimum Gasteiger partial charge on any atom is -0.304 e. The lowest BCUT2D eigenvalue weighted by atomic mass is 10.0. The lowest BCUT2D eigenvalue weighted by Gasteiger charge is -2.39. The smallest absolute Gasteiger partial charge is 0.176 e. The number of piperazine rings is 1. The van der Waals surface area contributed by atoms with Gasteiger partial charge in [-0.3, -0.25) is 11.3 Å². The summed E-state index contributed by atoms with van der Waals surface area (Å²) in [7, 11) is 6.10. The molecule has 0 amide bonds. The van der Waals surface area contributed by atoms with Gasteiger partial charge < -0.3 is 9.80 Å². The van der Waals surface area contributed by atoms with Crippen molar-refractivity contribution in [3.8, 4) is 0 Å². The number of hydrogen-bond acceptors (Lipinski definition) is 7. The molecule has 8 nitrogen and oxygen atoms in total. The highest BCUT2D eigenvalue weighted by Crippen LogP contribution is 2.13.